The van der Waals surface area contributed by atoms with Crippen LogP contribution in [0, 0.1) is 17.7 Å². The van der Waals surface area contributed by atoms with Crippen LogP contribution in [-0.4, -0.2) is 32.6 Å². The topological polar surface area (TPSA) is 102 Å². The van der Waals surface area contributed by atoms with Crippen LogP contribution in [0.5, 0.6) is 5.75 Å². The molecule has 1 unspecified atom stereocenters. The SMILES string of the molecule is C[C@@H](NS(=O)(=O)CC/C=C\CC1CCC(=O)NC1=O)c1ccc(F)c(OCC2CC2)c1. The molecule has 2 aliphatic rings. The number of benzene rings is 1. The normalized spacial score (nSPS) is 20.6. The predicted octanol–water partition coefficient (Wildman–Crippen LogP) is 2.98. The molecule has 1 aliphatic heterocycles. The largest absolute Gasteiger partial charge is 0.490 e. The standard InChI is InChI=1S/C22H29FN2O5S/c1-15(18-8-10-19(23)20(13-18)30-14-16-6-7-16)25-31(28,29)12-4-2-3-5-17-9-11-21(26)24-22(17)27/h2-3,8,10,13,15-17,25H,4-7,9,11-12,14H2,1H3,(H,24,26,27)/b3-2-/t15-,17?/m1/s1. The van der Waals surface area contributed by atoms with Crippen molar-refractivity contribution in [3.63, 3.8) is 0 Å². The Kier molecular flexibility index (Phi) is 7.83. The summed E-state index contributed by atoms with van der Waals surface area (Å²) in [5.74, 6) is -0.703. The van der Waals surface area contributed by atoms with Crippen LogP contribution in [0.15, 0.2) is 30.4 Å². The molecule has 31 heavy (non-hydrogen) atoms. The number of nitrogens with one attached hydrogen (secondary N) is 2. The molecular weight excluding hydrogens is 423 g/mol. The van der Waals surface area contributed by atoms with Crippen LogP contribution in [0.4, 0.5) is 4.39 Å². The Morgan fingerprint density at radius 1 is 1.26 bits per heavy atom. The lowest BCUT2D eigenvalue weighted by atomic mass is 9.95. The summed E-state index contributed by atoms with van der Waals surface area (Å²) >= 11 is 0. The van der Waals surface area contributed by atoms with Gasteiger partial charge in [-0.2, -0.15) is 0 Å². The summed E-state index contributed by atoms with van der Waals surface area (Å²) in [7, 11) is -3.55. The van der Waals surface area contributed by atoms with Gasteiger partial charge < -0.3 is 4.74 Å². The molecule has 0 spiro atoms. The third kappa shape index (κ3) is 7.43. The number of halogens is 1. The van der Waals surface area contributed by atoms with Gasteiger partial charge in [0.1, 0.15) is 0 Å². The van der Waals surface area contributed by atoms with Crippen molar-refractivity contribution >= 4 is 21.8 Å². The van der Waals surface area contributed by atoms with E-state index >= 15 is 0 Å². The van der Waals surface area contributed by atoms with Crippen LogP contribution >= 0.6 is 0 Å². The van der Waals surface area contributed by atoms with E-state index in [0.29, 0.717) is 43.8 Å². The first-order valence-electron chi connectivity index (χ1n) is 10.6. The first-order valence-corrected chi connectivity index (χ1v) is 12.3. The van der Waals surface area contributed by atoms with Gasteiger partial charge in [-0.1, -0.05) is 18.2 Å². The van der Waals surface area contributed by atoms with Crippen molar-refractivity contribution in [2.24, 2.45) is 11.8 Å². The Balaban J connectivity index is 1.45. The van der Waals surface area contributed by atoms with Crippen LogP contribution in [0.25, 0.3) is 0 Å². The number of carbonyl (C=O) groups is 2. The quantitative estimate of drug-likeness (QED) is 0.397. The van der Waals surface area contributed by atoms with E-state index in [0.717, 1.165) is 12.8 Å². The monoisotopic (exact) mass is 452 g/mol. The highest BCUT2D eigenvalue weighted by atomic mass is 32.2. The molecular formula is C22H29FN2O5S. The Morgan fingerprint density at radius 2 is 2.03 bits per heavy atom. The molecule has 2 N–H and O–H groups in total. The van der Waals surface area contributed by atoms with E-state index in [1.165, 1.54) is 6.07 Å². The Morgan fingerprint density at radius 3 is 2.74 bits per heavy atom. The first-order chi connectivity index (χ1) is 14.7. The van der Waals surface area contributed by atoms with Crippen molar-refractivity contribution in [1.82, 2.24) is 10.0 Å². The van der Waals surface area contributed by atoms with Gasteiger partial charge >= 0.3 is 0 Å². The zero-order valence-electron chi connectivity index (χ0n) is 17.6. The highest BCUT2D eigenvalue weighted by Gasteiger charge is 2.25. The summed E-state index contributed by atoms with van der Waals surface area (Å²) < 4.78 is 46.9. The minimum Gasteiger partial charge on any atom is -0.490 e. The molecule has 1 aromatic rings. The number of hydrogen-bond acceptors (Lipinski definition) is 5. The fraction of sp³-hybridized carbons (Fsp3) is 0.545. The minimum atomic E-state index is -3.55. The molecule has 0 aromatic heterocycles. The van der Waals surface area contributed by atoms with E-state index in [1.54, 1.807) is 31.2 Å². The number of amides is 2. The van der Waals surface area contributed by atoms with Crippen molar-refractivity contribution in [2.75, 3.05) is 12.4 Å². The van der Waals surface area contributed by atoms with E-state index in [9.17, 15) is 22.4 Å². The Labute approximate surface area is 182 Å². The van der Waals surface area contributed by atoms with E-state index in [1.807, 2.05) is 0 Å². The maximum absolute atomic E-state index is 13.9. The average Bonchev–Trinajstić information content (AvgIpc) is 3.52. The van der Waals surface area contributed by atoms with Crippen molar-refractivity contribution in [3.8, 4) is 5.75 Å². The Hall–Kier alpha value is -2.26. The molecule has 1 heterocycles. The second kappa shape index (κ2) is 10.4. The first kappa shape index (κ1) is 23.4. The lowest BCUT2D eigenvalue weighted by molar-refractivity contribution is -0.136. The van der Waals surface area contributed by atoms with Crippen molar-refractivity contribution < 1.29 is 27.1 Å². The van der Waals surface area contributed by atoms with Gasteiger partial charge in [0.25, 0.3) is 0 Å². The number of carbonyl (C=O) groups excluding carboxylic acids is 2. The van der Waals surface area contributed by atoms with Gasteiger partial charge in [-0.3, -0.25) is 14.9 Å². The molecule has 0 radical (unpaired) electrons. The maximum atomic E-state index is 13.9. The molecule has 0 bridgehead atoms. The van der Waals surface area contributed by atoms with Gasteiger partial charge in [0.15, 0.2) is 11.6 Å². The number of rotatable bonds is 11. The summed E-state index contributed by atoms with van der Waals surface area (Å²) in [6.07, 6.45) is 7.32. The second-order valence-electron chi connectivity index (χ2n) is 8.25. The molecule has 1 aliphatic carbocycles. The van der Waals surface area contributed by atoms with Gasteiger partial charge in [-0.15, -0.1) is 0 Å². The molecule has 3 rings (SSSR count). The van der Waals surface area contributed by atoms with Gasteiger partial charge in [-0.05, 0) is 62.6 Å². The zero-order valence-corrected chi connectivity index (χ0v) is 18.4. The second-order valence-corrected chi connectivity index (χ2v) is 10.1. The fourth-order valence-corrected chi connectivity index (χ4v) is 4.59. The molecule has 9 heteroatoms. The number of ether oxygens (including phenoxy) is 1. The van der Waals surface area contributed by atoms with Crippen LogP contribution in [-0.2, 0) is 19.6 Å². The molecule has 1 saturated carbocycles. The van der Waals surface area contributed by atoms with Gasteiger partial charge in [0.2, 0.25) is 21.8 Å². The third-order valence-electron chi connectivity index (χ3n) is 5.48. The Bertz CT molecular complexity index is 943. The number of sulfonamides is 1. The van der Waals surface area contributed by atoms with Crippen molar-refractivity contribution in [2.45, 2.75) is 51.5 Å². The highest BCUT2D eigenvalue weighted by molar-refractivity contribution is 7.89. The van der Waals surface area contributed by atoms with Crippen LogP contribution in [0.3, 0.4) is 0 Å². The molecule has 1 saturated heterocycles. The maximum Gasteiger partial charge on any atom is 0.229 e. The van der Waals surface area contributed by atoms with Crippen LogP contribution in [0.2, 0.25) is 0 Å². The lowest BCUT2D eigenvalue weighted by Gasteiger charge is -2.19. The molecule has 7 nitrogen and oxygen atoms in total. The smallest absolute Gasteiger partial charge is 0.229 e. The lowest BCUT2D eigenvalue weighted by Crippen LogP contribution is -2.40. The summed E-state index contributed by atoms with van der Waals surface area (Å²) in [5.41, 5.74) is 0.629. The van der Waals surface area contributed by atoms with E-state index < -0.39 is 21.9 Å². The molecule has 2 amide bonds. The van der Waals surface area contributed by atoms with Gasteiger partial charge in [0.05, 0.1) is 12.4 Å². The van der Waals surface area contributed by atoms with Gasteiger partial charge in [0, 0.05) is 18.4 Å². The van der Waals surface area contributed by atoms with Gasteiger partial charge in [-0.25, -0.2) is 17.5 Å². The van der Waals surface area contributed by atoms with Crippen LogP contribution < -0.4 is 14.8 Å². The fourth-order valence-electron chi connectivity index (χ4n) is 3.35. The summed E-state index contributed by atoms with van der Waals surface area (Å²) in [5, 5.41) is 2.31. The van der Waals surface area contributed by atoms with E-state index in [2.05, 4.69) is 10.0 Å². The predicted molar refractivity (Wildman–Crippen MR) is 114 cm³/mol. The summed E-state index contributed by atoms with van der Waals surface area (Å²) in [4.78, 5) is 22.8. The number of hydrogen-bond donors (Lipinski definition) is 2. The van der Waals surface area contributed by atoms with Crippen molar-refractivity contribution in [1.29, 1.82) is 0 Å². The number of imide groups is 1. The van der Waals surface area contributed by atoms with E-state index in [4.69, 9.17) is 4.74 Å². The molecule has 1 aromatic carbocycles. The third-order valence-corrected chi connectivity index (χ3v) is 6.96. The van der Waals surface area contributed by atoms with Crippen LogP contribution in [0.1, 0.15) is 57.1 Å². The molecule has 2 atom stereocenters. The molecule has 170 valence electrons. The minimum absolute atomic E-state index is 0.102. The highest BCUT2D eigenvalue weighted by Crippen LogP contribution is 2.31. The summed E-state index contributed by atoms with van der Waals surface area (Å²) in [6, 6.07) is 3.86. The van der Waals surface area contributed by atoms with E-state index in [-0.39, 0.29) is 29.2 Å². The average molecular weight is 453 g/mol. The number of piperidine rings is 1. The van der Waals surface area contributed by atoms with Crippen molar-refractivity contribution in [3.05, 3.63) is 41.7 Å². The zero-order chi connectivity index (χ0) is 22.4. The summed E-state index contributed by atoms with van der Waals surface area (Å²) in [6.45, 7) is 2.18. The number of allylic oxidation sites excluding steroid dienone is 2. The molecule has 2 fully saturated rings.